The van der Waals surface area contributed by atoms with E-state index >= 15 is 0 Å². The summed E-state index contributed by atoms with van der Waals surface area (Å²) in [6, 6.07) is 2.60. The molecule has 0 bridgehead atoms. The fourth-order valence-corrected chi connectivity index (χ4v) is 1.91. The Labute approximate surface area is 75.8 Å². The first-order valence-electron chi connectivity index (χ1n) is 4.12. The average molecular weight is 181 g/mol. The summed E-state index contributed by atoms with van der Waals surface area (Å²) in [6.45, 7) is 0.789. The second-order valence-electron chi connectivity index (χ2n) is 3.14. The zero-order valence-corrected chi connectivity index (χ0v) is 7.59. The third kappa shape index (κ3) is 1.67. The van der Waals surface area contributed by atoms with Crippen molar-refractivity contribution >= 4 is 17.7 Å². The van der Waals surface area contributed by atoms with Gasteiger partial charge in [0.15, 0.2) is 0 Å². The lowest BCUT2D eigenvalue weighted by Gasteiger charge is -2.14. The minimum Gasteiger partial charge on any atom is -0.338 e. The molecule has 1 heterocycles. The highest BCUT2D eigenvalue weighted by atomic mass is 32.1. The Morgan fingerprint density at radius 1 is 1.67 bits per heavy atom. The topological polar surface area (TPSA) is 20.3 Å². The van der Waals surface area contributed by atoms with Crippen molar-refractivity contribution in [1.82, 2.24) is 4.90 Å². The summed E-state index contributed by atoms with van der Waals surface area (Å²) in [5.41, 5.74) is 1.25. The van der Waals surface area contributed by atoms with E-state index in [0.29, 0.717) is 6.04 Å². The molecule has 1 aliphatic rings. The molecule has 0 saturated heterocycles. The average Bonchev–Trinajstić information content (AvgIpc) is 2.80. The molecular weight excluding hydrogens is 170 g/mol. The summed E-state index contributed by atoms with van der Waals surface area (Å²) < 4.78 is 0. The maximum absolute atomic E-state index is 10.6. The first-order chi connectivity index (χ1) is 5.90. The van der Waals surface area contributed by atoms with Crippen molar-refractivity contribution in [2.24, 2.45) is 0 Å². The Kier molecular flexibility index (Phi) is 2.13. The molecular formula is C9H11NOS. The van der Waals surface area contributed by atoms with Gasteiger partial charge in [-0.25, -0.2) is 0 Å². The van der Waals surface area contributed by atoms with Crippen LogP contribution in [0.15, 0.2) is 16.8 Å². The molecule has 2 nitrogen and oxygen atoms in total. The van der Waals surface area contributed by atoms with Crippen molar-refractivity contribution in [1.29, 1.82) is 0 Å². The predicted octanol–water partition coefficient (Wildman–Crippen LogP) is 1.87. The van der Waals surface area contributed by atoms with Gasteiger partial charge in [0.2, 0.25) is 6.41 Å². The molecule has 0 radical (unpaired) electrons. The van der Waals surface area contributed by atoms with Crippen molar-refractivity contribution in [3.05, 3.63) is 22.4 Å². The van der Waals surface area contributed by atoms with Crippen LogP contribution >= 0.6 is 11.3 Å². The van der Waals surface area contributed by atoms with E-state index in [2.05, 4.69) is 11.4 Å². The molecule has 0 N–H and O–H groups in total. The molecule has 1 amide bonds. The molecule has 0 spiro atoms. The molecule has 2 rings (SSSR count). The molecule has 0 aliphatic heterocycles. The van der Waals surface area contributed by atoms with Gasteiger partial charge in [0.05, 0.1) is 0 Å². The van der Waals surface area contributed by atoms with Gasteiger partial charge >= 0.3 is 0 Å². The summed E-state index contributed by atoms with van der Waals surface area (Å²) in [5, 5.41) is 4.14. The lowest BCUT2D eigenvalue weighted by atomic mass is 10.3. The van der Waals surface area contributed by atoms with Crippen molar-refractivity contribution in [2.75, 3.05) is 0 Å². The lowest BCUT2D eigenvalue weighted by Crippen LogP contribution is -2.23. The third-order valence-electron chi connectivity index (χ3n) is 2.10. The van der Waals surface area contributed by atoms with E-state index in [4.69, 9.17) is 0 Å². The van der Waals surface area contributed by atoms with Crippen LogP contribution < -0.4 is 0 Å². The summed E-state index contributed by atoms with van der Waals surface area (Å²) in [7, 11) is 0. The summed E-state index contributed by atoms with van der Waals surface area (Å²) in [6.07, 6.45) is 3.33. The number of hydrogen-bond donors (Lipinski definition) is 0. The van der Waals surface area contributed by atoms with Crippen LogP contribution in [0.2, 0.25) is 0 Å². The number of carbonyl (C=O) groups is 1. The number of carbonyl (C=O) groups excluding carboxylic acids is 1. The van der Waals surface area contributed by atoms with Gasteiger partial charge in [-0.15, -0.1) is 0 Å². The third-order valence-corrected chi connectivity index (χ3v) is 2.83. The summed E-state index contributed by atoms with van der Waals surface area (Å²) in [4.78, 5) is 12.5. The first-order valence-corrected chi connectivity index (χ1v) is 5.06. The van der Waals surface area contributed by atoms with Gasteiger partial charge in [-0.3, -0.25) is 4.79 Å². The van der Waals surface area contributed by atoms with E-state index in [1.807, 2.05) is 10.3 Å². The van der Waals surface area contributed by atoms with Crippen LogP contribution in [-0.2, 0) is 11.3 Å². The van der Waals surface area contributed by atoms with Crippen LogP contribution in [0.1, 0.15) is 18.4 Å². The Hall–Kier alpha value is -0.830. The molecule has 1 aromatic rings. The minimum atomic E-state index is 0.530. The van der Waals surface area contributed by atoms with Crippen molar-refractivity contribution in [2.45, 2.75) is 25.4 Å². The molecule has 1 fully saturated rings. The molecule has 3 heteroatoms. The SMILES string of the molecule is O=CN(Cc1ccsc1)C1CC1. The van der Waals surface area contributed by atoms with Crippen LogP contribution in [0.4, 0.5) is 0 Å². The Morgan fingerprint density at radius 2 is 2.50 bits per heavy atom. The smallest absolute Gasteiger partial charge is 0.210 e. The second-order valence-corrected chi connectivity index (χ2v) is 3.92. The van der Waals surface area contributed by atoms with Gasteiger partial charge in [0.25, 0.3) is 0 Å². The van der Waals surface area contributed by atoms with Crippen molar-refractivity contribution in [3.63, 3.8) is 0 Å². The van der Waals surface area contributed by atoms with Gasteiger partial charge < -0.3 is 4.90 Å². The van der Waals surface area contributed by atoms with Crippen LogP contribution in [0.5, 0.6) is 0 Å². The Morgan fingerprint density at radius 3 is 3.00 bits per heavy atom. The van der Waals surface area contributed by atoms with E-state index in [0.717, 1.165) is 13.0 Å². The molecule has 1 aromatic heterocycles. The predicted molar refractivity (Wildman–Crippen MR) is 48.9 cm³/mol. The lowest BCUT2D eigenvalue weighted by molar-refractivity contribution is -0.119. The van der Waals surface area contributed by atoms with E-state index < -0.39 is 0 Å². The zero-order valence-electron chi connectivity index (χ0n) is 6.77. The standard InChI is InChI=1S/C9H11NOS/c11-7-10(9-1-2-9)5-8-3-4-12-6-8/h3-4,6-7,9H,1-2,5H2. The van der Waals surface area contributed by atoms with Crippen molar-refractivity contribution < 1.29 is 4.79 Å². The van der Waals surface area contributed by atoms with Crippen LogP contribution in [0.25, 0.3) is 0 Å². The van der Waals surface area contributed by atoms with Crippen LogP contribution in [-0.4, -0.2) is 17.4 Å². The van der Waals surface area contributed by atoms with E-state index in [1.165, 1.54) is 18.4 Å². The van der Waals surface area contributed by atoms with Crippen LogP contribution in [0.3, 0.4) is 0 Å². The first kappa shape index (κ1) is 7.80. The van der Waals surface area contributed by atoms with Gasteiger partial charge in [-0.1, -0.05) is 0 Å². The van der Waals surface area contributed by atoms with E-state index in [-0.39, 0.29) is 0 Å². The molecule has 64 valence electrons. The molecule has 1 aliphatic carbocycles. The molecule has 0 unspecified atom stereocenters. The van der Waals surface area contributed by atoms with Gasteiger partial charge in [0.1, 0.15) is 0 Å². The summed E-state index contributed by atoms with van der Waals surface area (Å²) >= 11 is 1.68. The van der Waals surface area contributed by atoms with E-state index in [1.54, 1.807) is 11.3 Å². The maximum Gasteiger partial charge on any atom is 0.210 e. The molecule has 12 heavy (non-hydrogen) atoms. The Bertz CT molecular complexity index is 254. The van der Waals surface area contributed by atoms with Crippen molar-refractivity contribution in [3.8, 4) is 0 Å². The van der Waals surface area contributed by atoms with Gasteiger partial charge in [-0.2, -0.15) is 11.3 Å². The highest BCUT2D eigenvalue weighted by molar-refractivity contribution is 7.07. The largest absolute Gasteiger partial charge is 0.338 e. The van der Waals surface area contributed by atoms with Gasteiger partial charge in [-0.05, 0) is 35.2 Å². The summed E-state index contributed by atoms with van der Waals surface area (Å²) in [5.74, 6) is 0. The van der Waals surface area contributed by atoms with Crippen LogP contribution in [0, 0.1) is 0 Å². The normalized spacial score (nSPS) is 16.0. The number of rotatable bonds is 4. The number of nitrogens with zero attached hydrogens (tertiary/aromatic N) is 1. The Balaban J connectivity index is 1.95. The van der Waals surface area contributed by atoms with Gasteiger partial charge in [0, 0.05) is 12.6 Å². The number of thiophene rings is 1. The molecule has 0 atom stereocenters. The highest BCUT2D eigenvalue weighted by Crippen LogP contribution is 2.27. The second kappa shape index (κ2) is 3.27. The monoisotopic (exact) mass is 181 g/mol. The minimum absolute atomic E-state index is 0.530. The zero-order chi connectivity index (χ0) is 8.39. The highest BCUT2D eigenvalue weighted by Gasteiger charge is 2.27. The molecule has 0 aromatic carbocycles. The van der Waals surface area contributed by atoms with E-state index in [9.17, 15) is 4.79 Å². The fraction of sp³-hybridized carbons (Fsp3) is 0.444. The number of amides is 1. The quantitative estimate of drug-likeness (QED) is 0.649. The maximum atomic E-state index is 10.6. The fourth-order valence-electron chi connectivity index (χ4n) is 1.25. The molecule has 1 saturated carbocycles. The number of hydrogen-bond acceptors (Lipinski definition) is 2.